The first-order valence-corrected chi connectivity index (χ1v) is 3.67. The van der Waals surface area contributed by atoms with Crippen LogP contribution in [0.2, 0.25) is 0 Å². The summed E-state index contributed by atoms with van der Waals surface area (Å²) in [7, 11) is 0. The zero-order valence-corrected chi connectivity index (χ0v) is 7.14. The van der Waals surface area contributed by atoms with Crippen molar-refractivity contribution in [3.8, 4) is 6.07 Å². The molecule has 0 radical (unpaired) electrons. The Balaban J connectivity index is 4.35. The van der Waals surface area contributed by atoms with Gasteiger partial charge in [-0.2, -0.15) is 5.26 Å². The number of nitrogens with zero attached hydrogens (tertiary/aromatic N) is 1. The van der Waals surface area contributed by atoms with E-state index in [0.717, 1.165) is 6.21 Å². The van der Waals surface area contributed by atoms with Crippen LogP contribution in [0.25, 0.3) is 0 Å². The van der Waals surface area contributed by atoms with Gasteiger partial charge in [-0.1, -0.05) is 12.2 Å². The lowest BCUT2D eigenvalue weighted by molar-refractivity contribution is 1.49. The Morgan fingerprint density at radius 2 is 2.00 bits per heavy atom. The topological polar surface area (TPSA) is 73.7 Å². The molecule has 0 bridgehead atoms. The van der Waals surface area contributed by atoms with E-state index in [-0.39, 0.29) is 0 Å². The van der Waals surface area contributed by atoms with Crippen molar-refractivity contribution in [3.05, 3.63) is 48.2 Å². The van der Waals surface area contributed by atoms with Gasteiger partial charge in [0.15, 0.2) is 0 Å². The second kappa shape index (κ2) is 8.02. The molecule has 0 aliphatic rings. The third-order valence-electron chi connectivity index (χ3n) is 1.11. The minimum atomic E-state index is 0.510. The van der Waals surface area contributed by atoms with Crippen molar-refractivity contribution in [2.24, 2.45) is 5.73 Å². The van der Waals surface area contributed by atoms with Gasteiger partial charge in [-0.25, -0.2) is 0 Å². The molecule has 0 fully saturated rings. The van der Waals surface area contributed by atoms with Crippen molar-refractivity contribution in [3.63, 3.8) is 0 Å². The fraction of sp³-hybridized carbons (Fsp3) is 0. The highest BCUT2D eigenvalue weighted by Crippen LogP contribution is 1.95. The maximum absolute atomic E-state index is 8.61. The van der Waals surface area contributed by atoms with Gasteiger partial charge in [0.1, 0.15) is 0 Å². The molecule has 0 aromatic heterocycles. The first kappa shape index (κ1) is 10.9. The van der Waals surface area contributed by atoms with Crippen LogP contribution in [0.4, 0.5) is 0 Å². The summed E-state index contributed by atoms with van der Waals surface area (Å²) in [6.07, 6.45) is 12.3. The predicted molar refractivity (Wildman–Crippen MR) is 54.1 cm³/mol. The van der Waals surface area contributed by atoms with Crippen molar-refractivity contribution >= 4 is 6.21 Å². The largest absolute Gasteiger partial charge is 0.405 e. The Kier molecular flexibility index (Phi) is 6.74. The molecule has 13 heavy (non-hydrogen) atoms. The van der Waals surface area contributed by atoms with Crippen LogP contribution in [0.1, 0.15) is 0 Å². The highest BCUT2D eigenvalue weighted by atomic mass is 14.5. The van der Waals surface area contributed by atoms with Gasteiger partial charge in [0.25, 0.3) is 0 Å². The van der Waals surface area contributed by atoms with E-state index < -0.39 is 0 Å². The van der Waals surface area contributed by atoms with Gasteiger partial charge in [-0.15, -0.1) is 0 Å². The Morgan fingerprint density at radius 3 is 2.54 bits per heavy atom. The summed E-state index contributed by atoms with van der Waals surface area (Å²) >= 11 is 0. The Morgan fingerprint density at radius 1 is 1.23 bits per heavy atom. The third kappa shape index (κ3) is 6.32. The molecule has 0 saturated carbocycles. The molecule has 0 atom stereocenters. The summed E-state index contributed by atoms with van der Waals surface area (Å²) in [5.41, 5.74) is 5.61. The van der Waals surface area contributed by atoms with Crippen LogP contribution in [0.3, 0.4) is 0 Å². The summed E-state index contributed by atoms with van der Waals surface area (Å²) in [5.74, 6) is 0. The normalized spacial score (nSPS) is 12.7. The Labute approximate surface area is 77.7 Å². The van der Waals surface area contributed by atoms with Crippen LogP contribution < -0.4 is 5.73 Å². The molecular weight excluding hydrogens is 162 g/mol. The first-order valence-electron chi connectivity index (χ1n) is 3.67. The minimum absolute atomic E-state index is 0.510. The molecule has 0 aromatic rings. The summed E-state index contributed by atoms with van der Waals surface area (Å²) in [5, 5.41) is 15.3. The van der Waals surface area contributed by atoms with Gasteiger partial charge in [0.05, 0.1) is 11.6 Å². The van der Waals surface area contributed by atoms with Crippen LogP contribution in [-0.2, 0) is 0 Å². The van der Waals surface area contributed by atoms with Gasteiger partial charge in [-0.05, 0) is 30.5 Å². The number of nitrogens with two attached hydrogens (primary N) is 1. The molecule has 0 aromatic carbocycles. The van der Waals surface area contributed by atoms with Gasteiger partial charge in [0, 0.05) is 6.21 Å². The van der Waals surface area contributed by atoms with Crippen LogP contribution in [0.5, 0.6) is 0 Å². The molecule has 0 aliphatic carbocycles. The summed E-state index contributed by atoms with van der Waals surface area (Å²) in [4.78, 5) is 0. The molecule has 3 heteroatoms. The molecule has 3 N–H and O–H groups in total. The monoisotopic (exact) mass is 173 g/mol. The highest BCUT2D eigenvalue weighted by Gasteiger charge is 1.82. The number of allylic oxidation sites excluding steroid dienone is 7. The van der Waals surface area contributed by atoms with Gasteiger partial charge in [-0.3, -0.25) is 0 Å². The molecule has 3 nitrogen and oxygen atoms in total. The predicted octanol–water partition coefficient (Wildman–Crippen LogP) is 1.67. The molecule has 0 aliphatic heterocycles. The molecule has 0 amide bonds. The number of rotatable bonds is 4. The Bertz CT molecular complexity index is 301. The number of nitrogens with one attached hydrogen (secondary N) is 1. The third-order valence-corrected chi connectivity index (χ3v) is 1.11. The molecule has 66 valence electrons. The molecular formula is C10H11N3. The lowest BCUT2D eigenvalue weighted by atomic mass is 10.2. The first-order chi connectivity index (χ1) is 6.35. The summed E-state index contributed by atoms with van der Waals surface area (Å²) < 4.78 is 0. The van der Waals surface area contributed by atoms with Crippen LogP contribution >= 0.6 is 0 Å². The van der Waals surface area contributed by atoms with E-state index in [1.165, 1.54) is 12.3 Å². The molecule has 0 rings (SSSR count). The molecule has 0 unspecified atom stereocenters. The number of hydrogen-bond donors (Lipinski definition) is 2. The van der Waals surface area contributed by atoms with Crippen molar-refractivity contribution in [2.75, 3.05) is 0 Å². The van der Waals surface area contributed by atoms with E-state index in [1.54, 1.807) is 30.4 Å². The van der Waals surface area contributed by atoms with Crippen molar-refractivity contribution < 1.29 is 0 Å². The van der Waals surface area contributed by atoms with Gasteiger partial charge in [0.2, 0.25) is 0 Å². The fourth-order valence-corrected chi connectivity index (χ4v) is 0.568. The van der Waals surface area contributed by atoms with Crippen molar-refractivity contribution in [1.82, 2.24) is 0 Å². The summed E-state index contributed by atoms with van der Waals surface area (Å²) in [6, 6.07) is 1.99. The van der Waals surface area contributed by atoms with E-state index in [0.29, 0.717) is 5.57 Å². The van der Waals surface area contributed by atoms with Crippen molar-refractivity contribution in [2.45, 2.75) is 0 Å². The lowest BCUT2D eigenvalue weighted by Gasteiger charge is -1.82. The van der Waals surface area contributed by atoms with Gasteiger partial charge < -0.3 is 11.1 Å². The smallest absolute Gasteiger partial charge is 0.0991 e. The van der Waals surface area contributed by atoms with E-state index >= 15 is 0 Å². The highest BCUT2D eigenvalue weighted by molar-refractivity contribution is 5.68. The SMILES string of the molecule is N#CC(=C\C=C\C=N)/C=C/C=C/N. The molecule has 0 saturated heterocycles. The van der Waals surface area contributed by atoms with E-state index in [2.05, 4.69) is 0 Å². The lowest BCUT2D eigenvalue weighted by Crippen LogP contribution is -1.73. The standard InChI is InChI=1S/C10H11N3/c11-7-3-1-5-10(9-13)6-2-4-8-12/h1-8,11H,12H2/b3-1+,6-2+,8-4+,10-5-,11-7?. The number of nitriles is 1. The maximum atomic E-state index is 8.61. The van der Waals surface area contributed by atoms with E-state index in [9.17, 15) is 0 Å². The van der Waals surface area contributed by atoms with E-state index in [4.69, 9.17) is 16.4 Å². The summed E-state index contributed by atoms with van der Waals surface area (Å²) in [6.45, 7) is 0. The van der Waals surface area contributed by atoms with Crippen LogP contribution in [0, 0.1) is 16.7 Å². The van der Waals surface area contributed by atoms with Crippen LogP contribution in [0.15, 0.2) is 48.2 Å². The average Bonchev–Trinajstić information content (AvgIpc) is 2.16. The second-order valence-electron chi connectivity index (χ2n) is 2.03. The minimum Gasteiger partial charge on any atom is -0.405 e. The van der Waals surface area contributed by atoms with Crippen LogP contribution in [-0.4, -0.2) is 6.21 Å². The van der Waals surface area contributed by atoms with Crippen molar-refractivity contribution in [1.29, 1.82) is 10.7 Å². The second-order valence-corrected chi connectivity index (χ2v) is 2.03. The molecule has 0 heterocycles. The Hall–Kier alpha value is -2.08. The van der Waals surface area contributed by atoms with Gasteiger partial charge >= 0.3 is 0 Å². The number of hydrogen-bond acceptors (Lipinski definition) is 3. The maximum Gasteiger partial charge on any atom is 0.0991 e. The fourth-order valence-electron chi connectivity index (χ4n) is 0.568. The average molecular weight is 173 g/mol. The zero-order valence-electron chi connectivity index (χ0n) is 7.14. The zero-order chi connectivity index (χ0) is 9.94. The van der Waals surface area contributed by atoms with E-state index in [1.807, 2.05) is 6.07 Å². The molecule has 0 spiro atoms. The quantitative estimate of drug-likeness (QED) is 0.385.